The number of furan rings is 1. The van der Waals surface area contributed by atoms with Crippen molar-refractivity contribution in [2.24, 2.45) is 0 Å². The van der Waals surface area contributed by atoms with Gasteiger partial charge in [-0.05, 0) is 36.2 Å². The molecular weight excluding hydrogens is 370 g/mol. The Balaban J connectivity index is 1.59. The van der Waals surface area contributed by atoms with Crippen LogP contribution in [0, 0.1) is 0 Å². The summed E-state index contributed by atoms with van der Waals surface area (Å²) in [5, 5.41) is 9.80. The Morgan fingerprint density at radius 3 is 2.68 bits per heavy atom. The Hall–Kier alpha value is -2.99. The number of nitrogens with zero attached hydrogens (tertiary/aromatic N) is 3. The molecule has 0 aliphatic carbocycles. The summed E-state index contributed by atoms with van der Waals surface area (Å²) in [6.07, 6.45) is 2.67. The molecule has 142 valence electrons. The van der Waals surface area contributed by atoms with E-state index in [9.17, 15) is 0 Å². The molecule has 4 aromatic rings. The molecule has 4 rings (SSSR count). The minimum atomic E-state index is 0.584. The van der Waals surface area contributed by atoms with E-state index in [1.54, 1.807) is 25.1 Å². The zero-order chi connectivity index (χ0) is 19.2. The highest BCUT2D eigenvalue weighted by molar-refractivity contribution is 7.99. The van der Waals surface area contributed by atoms with Gasteiger partial charge in [0, 0.05) is 11.3 Å². The van der Waals surface area contributed by atoms with Gasteiger partial charge in [0.15, 0.2) is 11.0 Å². The average molecular weight is 391 g/mol. The maximum absolute atomic E-state index is 5.56. The molecule has 0 atom stereocenters. The van der Waals surface area contributed by atoms with E-state index in [0.29, 0.717) is 6.54 Å². The van der Waals surface area contributed by atoms with Crippen molar-refractivity contribution in [2.45, 2.75) is 18.1 Å². The van der Waals surface area contributed by atoms with Crippen LogP contribution in [0.1, 0.15) is 11.3 Å². The summed E-state index contributed by atoms with van der Waals surface area (Å²) in [5.41, 5.74) is 2.29. The van der Waals surface area contributed by atoms with Gasteiger partial charge in [-0.25, -0.2) is 0 Å². The Bertz CT molecular complexity index is 1010. The topological polar surface area (TPSA) is 53.1 Å². The minimum Gasteiger partial charge on any atom is -0.497 e. The van der Waals surface area contributed by atoms with Crippen LogP contribution in [0.5, 0.6) is 5.75 Å². The van der Waals surface area contributed by atoms with Crippen LogP contribution in [-0.2, 0) is 13.0 Å². The number of hydrogen-bond acceptors (Lipinski definition) is 5. The molecule has 0 radical (unpaired) electrons. The van der Waals surface area contributed by atoms with Gasteiger partial charge in [0.2, 0.25) is 0 Å². The van der Waals surface area contributed by atoms with Crippen molar-refractivity contribution in [3.63, 3.8) is 0 Å². The van der Waals surface area contributed by atoms with Crippen LogP contribution in [0.15, 0.2) is 82.6 Å². The second-order valence-corrected chi connectivity index (χ2v) is 7.35. The van der Waals surface area contributed by atoms with Gasteiger partial charge in [-0.15, -0.1) is 10.2 Å². The van der Waals surface area contributed by atoms with Crippen LogP contribution in [0.3, 0.4) is 0 Å². The van der Waals surface area contributed by atoms with E-state index in [-0.39, 0.29) is 0 Å². The van der Waals surface area contributed by atoms with E-state index >= 15 is 0 Å². The largest absolute Gasteiger partial charge is 0.497 e. The SMILES string of the molecule is COc1cccc(-c2nnc(SCCc3ccccc3)n2Cc2ccco2)c1. The molecule has 5 nitrogen and oxygen atoms in total. The molecule has 2 aromatic carbocycles. The first kappa shape index (κ1) is 18.4. The van der Waals surface area contributed by atoms with Crippen LogP contribution < -0.4 is 4.74 Å². The molecule has 0 unspecified atom stereocenters. The molecule has 0 aliphatic heterocycles. The molecule has 0 N–H and O–H groups in total. The highest BCUT2D eigenvalue weighted by Gasteiger charge is 2.16. The third-order valence-corrected chi connectivity index (χ3v) is 5.37. The molecule has 0 saturated carbocycles. The number of benzene rings is 2. The van der Waals surface area contributed by atoms with E-state index in [0.717, 1.165) is 40.2 Å². The Morgan fingerprint density at radius 1 is 1.00 bits per heavy atom. The fraction of sp³-hybridized carbons (Fsp3) is 0.182. The molecule has 0 saturated heterocycles. The molecule has 28 heavy (non-hydrogen) atoms. The second kappa shape index (κ2) is 8.80. The first-order valence-electron chi connectivity index (χ1n) is 9.10. The summed E-state index contributed by atoms with van der Waals surface area (Å²) in [6.45, 7) is 0.584. The lowest BCUT2D eigenvalue weighted by molar-refractivity contribution is 0.415. The van der Waals surface area contributed by atoms with Crippen LogP contribution in [-0.4, -0.2) is 27.6 Å². The fourth-order valence-electron chi connectivity index (χ4n) is 2.98. The van der Waals surface area contributed by atoms with E-state index in [1.165, 1.54) is 5.56 Å². The fourth-order valence-corrected chi connectivity index (χ4v) is 3.90. The monoisotopic (exact) mass is 391 g/mol. The standard InChI is InChI=1S/C22H21N3O2S/c1-26-19-10-5-9-18(15-19)21-23-24-22(25(21)16-20-11-6-13-27-20)28-14-12-17-7-3-2-4-8-17/h2-11,13,15H,12,14,16H2,1H3. The molecular formula is C22H21N3O2S. The minimum absolute atomic E-state index is 0.584. The van der Waals surface area contributed by atoms with E-state index in [1.807, 2.05) is 42.5 Å². The first-order chi connectivity index (χ1) is 13.8. The first-order valence-corrected chi connectivity index (χ1v) is 10.1. The molecule has 2 heterocycles. The van der Waals surface area contributed by atoms with E-state index < -0.39 is 0 Å². The summed E-state index contributed by atoms with van der Waals surface area (Å²) in [7, 11) is 1.66. The lowest BCUT2D eigenvalue weighted by Gasteiger charge is -2.10. The third kappa shape index (κ3) is 4.28. The van der Waals surface area contributed by atoms with Gasteiger partial charge in [0.1, 0.15) is 11.5 Å². The van der Waals surface area contributed by atoms with E-state index in [2.05, 4.69) is 39.0 Å². The van der Waals surface area contributed by atoms with Gasteiger partial charge in [-0.1, -0.05) is 54.2 Å². The Morgan fingerprint density at radius 2 is 1.89 bits per heavy atom. The quantitative estimate of drug-likeness (QED) is 0.399. The molecule has 2 aromatic heterocycles. The number of rotatable bonds is 8. The predicted octanol–water partition coefficient (Wildman–Crippen LogP) is 4.93. The lowest BCUT2D eigenvalue weighted by atomic mass is 10.2. The van der Waals surface area contributed by atoms with Crippen molar-refractivity contribution in [3.8, 4) is 17.1 Å². The summed E-state index contributed by atoms with van der Waals surface area (Å²) in [4.78, 5) is 0. The predicted molar refractivity (Wildman–Crippen MR) is 111 cm³/mol. The molecule has 0 aliphatic rings. The highest BCUT2D eigenvalue weighted by Crippen LogP contribution is 2.28. The smallest absolute Gasteiger partial charge is 0.191 e. The molecule has 0 amide bonds. The maximum atomic E-state index is 5.56. The zero-order valence-corrected chi connectivity index (χ0v) is 16.4. The summed E-state index contributed by atoms with van der Waals surface area (Å²) in [5.74, 6) is 3.40. The highest BCUT2D eigenvalue weighted by atomic mass is 32.2. The van der Waals surface area contributed by atoms with Gasteiger partial charge in [0.25, 0.3) is 0 Å². The van der Waals surface area contributed by atoms with Crippen molar-refractivity contribution in [1.82, 2.24) is 14.8 Å². The number of aromatic nitrogens is 3. The summed E-state index contributed by atoms with van der Waals surface area (Å²) >= 11 is 1.71. The maximum Gasteiger partial charge on any atom is 0.191 e. The lowest BCUT2D eigenvalue weighted by Crippen LogP contribution is -2.04. The van der Waals surface area contributed by atoms with Crippen LogP contribution >= 0.6 is 11.8 Å². The number of methoxy groups -OCH3 is 1. The second-order valence-electron chi connectivity index (χ2n) is 6.29. The van der Waals surface area contributed by atoms with Crippen molar-refractivity contribution in [3.05, 3.63) is 84.3 Å². The van der Waals surface area contributed by atoms with Crippen molar-refractivity contribution >= 4 is 11.8 Å². The Kier molecular flexibility index (Phi) is 5.77. The number of aryl methyl sites for hydroxylation is 1. The third-order valence-electron chi connectivity index (χ3n) is 4.40. The summed E-state index contributed by atoms with van der Waals surface area (Å²) < 4.78 is 13.0. The van der Waals surface area contributed by atoms with Crippen molar-refractivity contribution in [1.29, 1.82) is 0 Å². The summed E-state index contributed by atoms with van der Waals surface area (Å²) in [6, 6.07) is 22.2. The van der Waals surface area contributed by atoms with Gasteiger partial charge in [-0.3, -0.25) is 4.57 Å². The number of ether oxygens (including phenoxy) is 1. The molecule has 0 fully saturated rings. The van der Waals surface area contributed by atoms with Gasteiger partial charge >= 0.3 is 0 Å². The van der Waals surface area contributed by atoms with Crippen molar-refractivity contribution in [2.75, 3.05) is 12.9 Å². The van der Waals surface area contributed by atoms with Gasteiger partial charge in [-0.2, -0.15) is 0 Å². The Labute approximate surface area is 168 Å². The van der Waals surface area contributed by atoms with E-state index in [4.69, 9.17) is 9.15 Å². The average Bonchev–Trinajstić information content (AvgIpc) is 3.40. The normalized spacial score (nSPS) is 10.9. The van der Waals surface area contributed by atoms with Gasteiger partial charge < -0.3 is 9.15 Å². The van der Waals surface area contributed by atoms with Crippen molar-refractivity contribution < 1.29 is 9.15 Å². The number of hydrogen-bond donors (Lipinski definition) is 0. The zero-order valence-electron chi connectivity index (χ0n) is 15.6. The van der Waals surface area contributed by atoms with Crippen LogP contribution in [0.2, 0.25) is 0 Å². The molecule has 0 spiro atoms. The molecule has 0 bridgehead atoms. The van der Waals surface area contributed by atoms with Crippen LogP contribution in [0.25, 0.3) is 11.4 Å². The van der Waals surface area contributed by atoms with Crippen LogP contribution in [0.4, 0.5) is 0 Å². The number of thioether (sulfide) groups is 1. The van der Waals surface area contributed by atoms with Gasteiger partial charge in [0.05, 0.1) is 19.9 Å². The molecule has 6 heteroatoms.